The fourth-order valence-corrected chi connectivity index (χ4v) is 2.81. The Morgan fingerprint density at radius 3 is 2.48 bits per heavy atom. The first-order valence-electron chi connectivity index (χ1n) is 6.22. The lowest BCUT2D eigenvalue weighted by Gasteiger charge is -2.19. The van der Waals surface area contributed by atoms with E-state index in [0.29, 0.717) is 11.1 Å². The first-order valence-corrected chi connectivity index (χ1v) is 8.11. The summed E-state index contributed by atoms with van der Waals surface area (Å²) in [5, 5.41) is 13.3. The second-order valence-electron chi connectivity index (χ2n) is 5.31. The smallest absolute Gasteiger partial charge is 0.331 e. The molecule has 0 saturated heterocycles. The largest absolute Gasteiger partial charge is 0.479 e. The number of carboxylic acids is 1. The van der Waals surface area contributed by atoms with Gasteiger partial charge in [-0.1, -0.05) is 18.2 Å². The Balaban J connectivity index is 2.57. The van der Waals surface area contributed by atoms with E-state index in [1.54, 1.807) is 18.2 Å². The van der Waals surface area contributed by atoms with Gasteiger partial charge in [0.25, 0.3) is 0 Å². The zero-order valence-electron chi connectivity index (χ0n) is 11.9. The highest BCUT2D eigenvalue weighted by atomic mass is 32.2. The molecule has 0 atom stereocenters. The second-order valence-corrected chi connectivity index (χ2v) is 7.29. The van der Waals surface area contributed by atoms with E-state index >= 15 is 0 Å². The molecule has 0 bridgehead atoms. The minimum Gasteiger partial charge on any atom is -0.479 e. The molecule has 112 valence electrons. The zero-order chi connectivity index (χ0) is 15.8. The van der Waals surface area contributed by atoms with Gasteiger partial charge < -0.3 is 5.11 Å². The molecule has 21 heavy (non-hydrogen) atoms. The molecule has 1 aromatic heterocycles. The zero-order valence-corrected chi connectivity index (χ0v) is 12.8. The van der Waals surface area contributed by atoms with Crippen LogP contribution in [0.1, 0.15) is 13.8 Å². The molecule has 7 heteroatoms. The van der Waals surface area contributed by atoms with Crippen molar-refractivity contribution < 1.29 is 18.3 Å². The van der Waals surface area contributed by atoms with Gasteiger partial charge in [0.1, 0.15) is 0 Å². The minimum atomic E-state index is -3.38. The summed E-state index contributed by atoms with van der Waals surface area (Å²) in [5.74, 6) is -1.02. The van der Waals surface area contributed by atoms with Crippen molar-refractivity contribution in [1.82, 2.24) is 9.78 Å². The molecule has 0 spiro atoms. The van der Waals surface area contributed by atoms with Gasteiger partial charge in [0.2, 0.25) is 0 Å². The van der Waals surface area contributed by atoms with Crippen LogP contribution in [-0.2, 0) is 20.2 Å². The molecular formula is C14H16N2O4S. The summed E-state index contributed by atoms with van der Waals surface area (Å²) in [4.78, 5) is 11.4. The van der Waals surface area contributed by atoms with Crippen molar-refractivity contribution in [2.24, 2.45) is 0 Å². The normalized spacial score (nSPS) is 12.3. The highest BCUT2D eigenvalue weighted by Gasteiger charge is 2.30. The van der Waals surface area contributed by atoms with E-state index in [0.717, 1.165) is 6.26 Å². The van der Waals surface area contributed by atoms with Crippen molar-refractivity contribution in [2.45, 2.75) is 24.3 Å². The van der Waals surface area contributed by atoms with Crippen molar-refractivity contribution in [3.8, 4) is 11.1 Å². The lowest BCUT2D eigenvalue weighted by atomic mass is 10.1. The second kappa shape index (κ2) is 5.00. The van der Waals surface area contributed by atoms with E-state index in [-0.39, 0.29) is 4.90 Å². The fourth-order valence-electron chi connectivity index (χ4n) is 1.89. The number of aliphatic carboxylic acids is 1. The van der Waals surface area contributed by atoms with E-state index in [9.17, 15) is 18.3 Å². The van der Waals surface area contributed by atoms with Crippen LogP contribution in [0, 0.1) is 0 Å². The summed E-state index contributed by atoms with van der Waals surface area (Å²) in [5.41, 5.74) is -0.143. The molecule has 0 aliphatic rings. The number of hydrogen-bond donors (Lipinski definition) is 1. The van der Waals surface area contributed by atoms with Crippen molar-refractivity contribution in [2.75, 3.05) is 6.26 Å². The van der Waals surface area contributed by atoms with Gasteiger partial charge in [-0.2, -0.15) is 5.10 Å². The number of nitrogens with zero attached hydrogens (tertiary/aromatic N) is 2. The van der Waals surface area contributed by atoms with Crippen LogP contribution in [0.3, 0.4) is 0 Å². The molecule has 0 fully saturated rings. The third-order valence-corrected chi connectivity index (χ3v) is 4.43. The maximum absolute atomic E-state index is 11.8. The van der Waals surface area contributed by atoms with E-state index in [1.165, 1.54) is 37.0 Å². The molecule has 0 saturated carbocycles. The van der Waals surface area contributed by atoms with E-state index in [2.05, 4.69) is 5.10 Å². The number of hydrogen-bond acceptors (Lipinski definition) is 4. The molecule has 1 heterocycles. The standard InChI is InChI=1S/C14H16N2O4S/c1-14(2,13(17)18)16-9-10(8-15-16)11-6-4-5-7-12(11)21(3,19)20/h4-9H,1-3H3,(H,17,18). The van der Waals surface area contributed by atoms with Crippen LogP contribution in [0.4, 0.5) is 0 Å². The van der Waals surface area contributed by atoms with Gasteiger partial charge in [-0.15, -0.1) is 0 Å². The number of benzene rings is 1. The highest BCUT2D eigenvalue weighted by Crippen LogP contribution is 2.28. The van der Waals surface area contributed by atoms with Gasteiger partial charge in [-0.05, 0) is 19.9 Å². The average Bonchev–Trinajstić information content (AvgIpc) is 2.87. The maximum Gasteiger partial charge on any atom is 0.331 e. The van der Waals surface area contributed by atoms with Crippen LogP contribution < -0.4 is 0 Å². The third kappa shape index (κ3) is 2.82. The van der Waals surface area contributed by atoms with Crippen molar-refractivity contribution in [3.05, 3.63) is 36.7 Å². The molecule has 0 aliphatic carbocycles. The van der Waals surface area contributed by atoms with Gasteiger partial charge in [0, 0.05) is 23.6 Å². The Bertz CT molecular complexity index is 791. The first-order chi connectivity index (χ1) is 9.64. The van der Waals surface area contributed by atoms with Crippen LogP contribution in [0.2, 0.25) is 0 Å². The summed E-state index contributed by atoms with van der Waals surface area (Å²) in [7, 11) is -3.38. The number of carboxylic acid groups (broad SMARTS) is 1. The fraction of sp³-hybridized carbons (Fsp3) is 0.286. The van der Waals surface area contributed by atoms with Gasteiger partial charge in [0.05, 0.1) is 11.1 Å². The number of carbonyl (C=O) groups is 1. The van der Waals surface area contributed by atoms with Gasteiger partial charge in [-0.3, -0.25) is 4.68 Å². The monoisotopic (exact) mass is 308 g/mol. The van der Waals surface area contributed by atoms with Gasteiger partial charge >= 0.3 is 5.97 Å². The number of rotatable bonds is 4. The van der Waals surface area contributed by atoms with E-state index in [1.807, 2.05) is 0 Å². The maximum atomic E-state index is 11.8. The highest BCUT2D eigenvalue weighted by molar-refractivity contribution is 7.90. The summed E-state index contributed by atoms with van der Waals surface area (Å²) >= 11 is 0. The lowest BCUT2D eigenvalue weighted by molar-refractivity contribution is -0.146. The van der Waals surface area contributed by atoms with Crippen LogP contribution in [0.5, 0.6) is 0 Å². The molecule has 2 rings (SSSR count). The van der Waals surface area contributed by atoms with Crippen molar-refractivity contribution in [1.29, 1.82) is 0 Å². The summed E-state index contributed by atoms with van der Waals surface area (Å²) in [6.45, 7) is 3.04. The average molecular weight is 308 g/mol. The molecule has 0 unspecified atom stereocenters. The van der Waals surface area contributed by atoms with Gasteiger partial charge in [-0.25, -0.2) is 13.2 Å². The predicted octanol–water partition coefficient (Wildman–Crippen LogP) is 1.77. The van der Waals surface area contributed by atoms with Crippen LogP contribution in [0.15, 0.2) is 41.6 Å². The molecule has 6 nitrogen and oxygen atoms in total. The minimum absolute atomic E-state index is 0.192. The molecule has 0 aliphatic heterocycles. The Kier molecular flexibility index (Phi) is 3.63. The van der Waals surface area contributed by atoms with Crippen LogP contribution in [0.25, 0.3) is 11.1 Å². The van der Waals surface area contributed by atoms with Crippen molar-refractivity contribution in [3.63, 3.8) is 0 Å². The summed E-state index contributed by atoms with van der Waals surface area (Å²) in [6, 6.07) is 6.56. The first kappa shape index (κ1) is 15.2. The van der Waals surface area contributed by atoms with E-state index in [4.69, 9.17) is 0 Å². The molecule has 0 amide bonds. The van der Waals surface area contributed by atoms with Crippen molar-refractivity contribution >= 4 is 15.8 Å². The molecule has 1 N–H and O–H groups in total. The molecule has 1 aromatic carbocycles. The quantitative estimate of drug-likeness (QED) is 0.930. The topological polar surface area (TPSA) is 89.3 Å². The molecule has 2 aromatic rings. The Labute approximate surface area is 123 Å². The summed E-state index contributed by atoms with van der Waals surface area (Å²) in [6.07, 6.45) is 4.14. The lowest BCUT2D eigenvalue weighted by Crippen LogP contribution is -2.35. The predicted molar refractivity (Wildman–Crippen MR) is 77.7 cm³/mol. The third-order valence-electron chi connectivity index (χ3n) is 3.28. The number of sulfone groups is 1. The van der Waals surface area contributed by atoms with Crippen LogP contribution in [-0.4, -0.2) is 35.5 Å². The number of aromatic nitrogens is 2. The van der Waals surface area contributed by atoms with Gasteiger partial charge in [0.15, 0.2) is 15.4 Å². The Hall–Kier alpha value is -2.15. The Morgan fingerprint density at radius 2 is 1.90 bits per heavy atom. The van der Waals surface area contributed by atoms with E-state index < -0.39 is 21.3 Å². The van der Waals surface area contributed by atoms with Crippen LogP contribution >= 0.6 is 0 Å². The Morgan fingerprint density at radius 1 is 1.29 bits per heavy atom. The SMILES string of the molecule is CC(C)(C(=O)O)n1cc(-c2ccccc2S(C)(=O)=O)cn1. The molecule has 0 radical (unpaired) electrons. The molecular weight excluding hydrogens is 292 g/mol. The summed E-state index contributed by atoms with van der Waals surface area (Å²) < 4.78 is 24.9.